The van der Waals surface area contributed by atoms with Gasteiger partial charge in [0, 0.05) is 5.56 Å². The molecule has 6 heteroatoms. The fourth-order valence-corrected chi connectivity index (χ4v) is 2.85. The number of Topliss-reactive ketones (excluding diaryl/α,β-unsaturated/α-hetero) is 1. The summed E-state index contributed by atoms with van der Waals surface area (Å²) in [6, 6.07) is 9.11. The molecule has 0 saturated carbocycles. The summed E-state index contributed by atoms with van der Waals surface area (Å²) in [7, 11) is 0. The number of rotatable bonds is 6. The van der Waals surface area contributed by atoms with Crippen molar-refractivity contribution in [1.82, 2.24) is 9.97 Å². The average molecular weight is 318 g/mol. The van der Waals surface area contributed by atoms with Crippen LogP contribution in [0.2, 0.25) is 0 Å². The number of esters is 1. The lowest BCUT2D eigenvalue weighted by Gasteiger charge is -2.21. The number of ketones is 1. The monoisotopic (exact) mass is 318 g/mol. The van der Waals surface area contributed by atoms with Crippen molar-refractivity contribution in [3.05, 3.63) is 47.8 Å². The van der Waals surface area contributed by atoms with Gasteiger partial charge in [-0.25, -0.2) is 9.78 Å². The van der Waals surface area contributed by atoms with Gasteiger partial charge >= 0.3 is 5.97 Å². The van der Waals surface area contributed by atoms with E-state index in [1.54, 1.807) is 19.1 Å². The first kappa shape index (κ1) is 16.3. The van der Waals surface area contributed by atoms with Crippen LogP contribution in [0.3, 0.4) is 0 Å². The lowest BCUT2D eigenvalue weighted by atomic mass is 10.0. The van der Waals surface area contributed by atoms with Crippen LogP contribution in [-0.4, -0.2) is 33.1 Å². The highest BCUT2D eigenvalue weighted by Crippen LogP contribution is 2.33. The Labute approximate surface area is 133 Å². The normalized spacial score (nSPS) is 11.2. The zero-order valence-electron chi connectivity index (χ0n) is 12.8. The molecule has 0 unspecified atom stereocenters. The van der Waals surface area contributed by atoms with Gasteiger partial charge in [0.1, 0.15) is 5.69 Å². The van der Waals surface area contributed by atoms with Gasteiger partial charge in [-0.3, -0.25) is 4.79 Å². The van der Waals surface area contributed by atoms with E-state index >= 15 is 0 Å². The molecule has 22 heavy (non-hydrogen) atoms. The number of H-pyrrole nitrogens is 1. The van der Waals surface area contributed by atoms with E-state index in [0.29, 0.717) is 17.3 Å². The van der Waals surface area contributed by atoms with Gasteiger partial charge in [0.2, 0.25) is 0 Å². The Morgan fingerprint density at radius 3 is 2.59 bits per heavy atom. The van der Waals surface area contributed by atoms with Crippen LogP contribution >= 0.6 is 11.8 Å². The van der Waals surface area contributed by atoms with Crippen molar-refractivity contribution in [2.24, 2.45) is 0 Å². The Kier molecular flexibility index (Phi) is 5.03. The number of benzene rings is 1. The van der Waals surface area contributed by atoms with Crippen LogP contribution in [0, 0.1) is 0 Å². The Balaban J connectivity index is 2.12. The SMILES string of the molecule is CCOC(=O)c1cnc(SC(C)(C)C(=O)c2ccccc2)[nH]1. The molecule has 0 atom stereocenters. The largest absolute Gasteiger partial charge is 0.461 e. The molecule has 1 aromatic heterocycles. The smallest absolute Gasteiger partial charge is 0.356 e. The van der Waals surface area contributed by atoms with E-state index in [1.807, 2.05) is 32.0 Å². The minimum atomic E-state index is -0.703. The highest BCUT2D eigenvalue weighted by atomic mass is 32.2. The predicted octanol–water partition coefficient (Wildman–Crippen LogP) is 3.34. The molecular weight excluding hydrogens is 300 g/mol. The van der Waals surface area contributed by atoms with Gasteiger partial charge in [-0.15, -0.1) is 0 Å². The van der Waals surface area contributed by atoms with Crippen LogP contribution in [0.5, 0.6) is 0 Å². The molecule has 0 aliphatic rings. The maximum absolute atomic E-state index is 12.6. The molecule has 0 aliphatic heterocycles. The molecule has 116 valence electrons. The van der Waals surface area contributed by atoms with Crippen LogP contribution in [-0.2, 0) is 4.74 Å². The van der Waals surface area contributed by atoms with E-state index in [0.717, 1.165) is 0 Å². The minimum absolute atomic E-state index is 0.00665. The van der Waals surface area contributed by atoms with E-state index in [-0.39, 0.29) is 11.5 Å². The average Bonchev–Trinajstić information content (AvgIpc) is 2.95. The summed E-state index contributed by atoms with van der Waals surface area (Å²) in [4.78, 5) is 31.2. The zero-order valence-corrected chi connectivity index (χ0v) is 13.6. The highest BCUT2D eigenvalue weighted by molar-refractivity contribution is 8.01. The predicted molar refractivity (Wildman–Crippen MR) is 85.3 cm³/mol. The van der Waals surface area contributed by atoms with Crippen LogP contribution in [0.25, 0.3) is 0 Å². The lowest BCUT2D eigenvalue weighted by molar-refractivity contribution is 0.0519. The van der Waals surface area contributed by atoms with Gasteiger partial charge in [0.15, 0.2) is 10.9 Å². The van der Waals surface area contributed by atoms with Crippen molar-refractivity contribution in [3.8, 4) is 0 Å². The molecule has 2 aromatic rings. The van der Waals surface area contributed by atoms with Crippen molar-refractivity contribution in [2.45, 2.75) is 30.7 Å². The molecule has 5 nitrogen and oxygen atoms in total. The first-order valence-corrected chi connectivity index (χ1v) is 7.76. The number of carbonyl (C=O) groups is 2. The second kappa shape index (κ2) is 6.79. The van der Waals surface area contributed by atoms with Crippen LogP contribution < -0.4 is 0 Å². The molecule has 0 saturated heterocycles. The summed E-state index contributed by atoms with van der Waals surface area (Å²) < 4.78 is 4.20. The summed E-state index contributed by atoms with van der Waals surface area (Å²) in [5.74, 6) is -0.443. The first-order valence-electron chi connectivity index (χ1n) is 6.95. The lowest BCUT2D eigenvalue weighted by Crippen LogP contribution is -2.28. The molecule has 0 spiro atoms. The van der Waals surface area contributed by atoms with Crippen molar-refractivity contribution in [1.29, 1.82) is 0 Å². The molecule has 2 rings (SSSR count). The Morgan fingerprint density at radius 1 is 1.27 bits per heavy atom. The van der Waals surface area contributed by atoms with Gasteiger partial charge in [-0.2, -0.15) is 0 Å². The number of hydrogen-bond acceptors (Lipinski definition) is 5. The third kappa shape index (κ3) is 3.76. The summed E-state index contributed by atoms with van der Waals surface area (Å²) in [5.41, 5.74) is 0.935. The van der Waals surface area contributed by atoms with Crippen molar-refractivity contribution >= 4 is 23.5 Å². The summed E-state index contributed by atoms with van der Waals surface area (Å²) >= 11 is 1.28. The molecule has 0 fully saturated rings. The Bertz CT molecular complexity index is 665. The van der Waals surface area contributed by atoms with Gasteiger partial charge < -0.3 is 9.72 Å². The van der Waals surface area contributed by atoms with Gasteiger partial charge in [-0.05, 0) is 20.8 Å². The van der Waals surface area contributed by atoms with Crippen molar-refractivity contribution < 1.29 is 14.3 Å². The fraction of sp³-hybridized carbons (Fsp3) is 0.312. The molecule has 0 aliphatic carbocycles. The van der Waals surface area contributed by atoms with Gasteiger partial charge in [-0.1, -0.05) is 42.1 Å². The highest BCUT2D eigenvalue weighted by Gasteiger charge is 2.31. The number of thioether (sulfide) groups is 1. The van der Waals surface area contributed by atoms with Crippen molar-refractivity contribution in [2.75, 3.05) is 6.61 Å². The molecular formula is C16H18N2O3S. The second-order valence-corrected chi connectivity index (χ2v) is 6.74. The first-order chi connectivity index (χ1) is 10.4. The topological polar surface area (TPSA) is 72.0 Å². The quantitative estimate of drug-likeness (QED) is 0.502. The number of aromatic amines is 1. The minimum Gasteiger partial charge on any atom is -0.461 e. The Morgan fingerprint density at radius 2 is 1.95 bits per heavy atom. The molecule has 1 N–H and O–H groups in total. The van der Waals surface area contributed by atoms with Crippen LogP contribution in [0.1, 0.15) is 41.6 Å². The van der Waals surface area contributed by atoms with E-state index in [2.05, 4.69) is 9.97 Å². The number of aromatic nitrogens is 2. The Hall–Kier alpha value is -2.08. The number of carbonyl (C=O) groups excluding carboxylic acids is 2. The fourth-order valence-electron chi connectivity index (χ4n) is 1.89. The van der Waals surface area contributed by atoms with E-state index in [1.165, 1.54) is 18.0 Å². The number of nitrogens with zero attached hydrogens (tertiary/aromatic N) is 1. The number of hydrogen-bond donors (Lipinski definition) is 1. The molecule has 0 amide bonds. The van der Waals surface area contributed by atoms with E-state index < -0.39 is 10.7 Å². The van der Waals surface area contributed by atoms with Crippen molar-refractivity contribution in [3.63, 3.8) is 0 Å². The summed E-state index contributed by atoms with van der Waals surface area (Å²) in [5, 5.41) is 0.511. The zero-order chi connectivity index (χ0) is 16.2. The van der Waals surface area contributed by atoms with E-state index in [9.17, 15) is 9.59 Å². The van der Waals surface area contributed by atoms with Gasteiger partial charge in [0.25, 0.3) is 0 Å². The standard InChI is InChI=1S/C16H18N2O3S/c1-4-21-14(20)12-10-17-15(18-12)22-16(2,3)13(19)11-8-6-5-7-9-11/h5-10H,4H2,1-3H3,(H,17,18). The summed E-state index contributed by atoms with van der Waals surface area (Å²) in [6.07, 6.45) is 1.42. The number of nitrogens with one attached hydrogen (secondary N) is 1. The van der Waals surface area contributed by atoms with Crippen LogP contribution in [0.15, 0.2) is 41.7 Å². The molecule has 0 radical (unpaired) electrons. The molecule has 0 bridgehead atoms. The summed E-state index contributed by atoms with van der Waals surface area (Å²) in [6.45, 7) is 5.71. The third-order valence-electron chi connectivity index (χ3n) is 2.98. The maximum Gasteiger partial charge on any atom is 0.356 e. The maximum atomic E-state index is 12.6. The third-order valence-corrected chi connectivity index (χ3v) is 4.08. The van der Waals surface area contributed by atoms with Crippen LogP contribution in [0.4, 0.5) is 0 Å². The van der Waals surface area contributed by atoms with Gasteiger partial charge in [0.05, 0.1) is 17.6 Å². The number of imidazole rings is 1. The molecule has 1 heterocycles. The second-order valence-electron chi connectivity index (χ2n) is 5.13. The van der Waals surface area contributed by atoms with E-state index in [4.69, 9.17) is 4.74 Å². The molecule has 1 aromatic carbocycles. The number of ether oxygens (including phenoxy) is 1.